The molecule has 1 aliphatic rings. The maximum atomic E-state index is 12.5. The van der Waals surface area contributed by atoms with Crippen LogP contribution in [0.3, 0.4) is 0 Å². The van der Waals surface area contributed by atoms with Gasteiger partial charge in [-0.2, -0.15) is 0 Å². The summed E-state index contributed by atoms with van der Waals surface area (Å²) in [6.07, 6.45) is 0.522. The topological polar surface area (TPSA) is 80.2 Å². The molecule has 122 valence electrons. The van der Waals surface area contributed by atoms with E-state index in [9.17, 15) is 13.2 Å². The van der Waals surface area contributed by atoms with E-state index in [1.54, 1.807) is 11.9 Å². The number of thioether (sulfide) groups is 1. The highest BCUT2D eigenvalue weighted by Crippen LogP contribution is 2.25. The second kappa shape index (κ2) is 6.54. The van der Waals surface area contributed by atoms with Crippen LogP contribution in [-0.2, 0) is 14.6 Å². The number of carbonyl (C=O) groups excluding carboxylic acids is 1. The van der Waals surface area contributed by atoms with Crippen molar-refractivity contribution in [2.45, 2.75) is 43.5 Å². The van der Waals surface area contributed by atoms with Crippen molar-refractivity contribution < 1.29 is 13.2 Å². The van der Waals surface area contributed by atoms with Crippen molar-refractivity contribution in [1.29, 1.82) is 0 Å². The Morgan fingerprint density at radius 3 is 2.64 bits per heavy atom. The molecule has 2 heterocycles. The van der Waals surface area contributed by atoms with Gasteiger partial charge in [-0.05, 0) is 33.3 Å². The molecular weight excluding hydrogens is 322 g/mol. The zero-order valence-electron chi connectivity index (χ0n) is 13.2. The molecule has 1 saturated heterocycles. The molecule has 0 saturated carbocycles. The summed E-state index contributed by atoms with van der Waals surface area (Å²) in [6.45, 7) is 5.53. The Labute approximate surface area is 135 Å². The van der Waals surface area contributed by atoms with Crippen molar-refractivity contribution >= 4 is 27.5 Å². The molecule has 2 rings (SSSR count). The molecule has 0 aliphatic carbocycles. The van der Waals surface area contributed by atoms with Crippen molar-refractivity contribution in [1.82, 2.24) is 14.9 Å². The van der Waals surface area contributed by atoms with Crippen LogP contribution >= 0.6 is 11.8 Å². The Morgan fingerprint density at radius 2 is 2.09 bits per heavy atom. The van der Waals surface area contributed by atoms with Crippen LogP contribution in [0, 0.1) is 13.8 Å². The van der Waals surface area contributed by atoms with E-state index < -0.39 is 9.84 Å². The van der Waals surface area contributed by atoms with Crippen molar-refractivity contribution in [2.75, 3.05) is 18.6 Å². The number of sulfone groups is 1. The number of aryl methyl sites for hydroxylation is 2. The van der Waals surface area contributed by atoms with Gasteiger partial charge in [-0.15, -0.1) is 0 Å². The fraction of sp³-hybridized carbons (Fsp3) is 0.643. The van der Waals surface area contributed by atoms with Crippen LogP contribution in [0.1, 0.15) is 24.9 Å². The zero-order chi connectivity index (χ0) is 16.5. The molecule has 1 aromatic rings. The van der Waals surface area contributed by atoms with E-state index in [0.717, 1.165) is 10.7 Å². The van der Waals surface area contributed by atoms with Gasteiger partial charge in [0.2, 0.25) is 5.91 Å². The molecule has 1 aliphatic heterocycles. The molecule has 22 heavy (non-hydrogen) atoms. The van der Waals surface area contributed by atoms with Gasteiger partial charge >= 0.3 is 0 Å². The molecule has 1 fully saturated rings. The van der Waals surface area contributed by atoms with Crippen LogP contribution in [0.15, 0.2) is 11.1 Å². The van der Waals surface area contributed by atoms with Gasteiger partial charge in [0.15, 0.2) is 9.84 Å². The van der Waals surface area contributed by atoms with E-state index >= 15 is 0 Å². The van der Waals surface area contributed by atoms with Gasteiger partial charge in [-0.25, -0.2) is 18.4 Å². The summed E-state index contributed by atoms with van der Waals surface area (Å²) in [5, 5.41) is 0.445. The van der Waals surface area contributed by atoms with Crippen molar-refractivity contribution in [2.24, 2.45) is 0 Å². The number of carbonyl (C=O) groups is 1. The number of aromatic nitrogens is 2. The van der Waals surface area contributed by atoms with Crippen LogP contribution in [0.4, 0.5) is 0 Å². The number of hydrogen-bond donors (Lipinski definition) is 0. The number of rotatable bonds is 4. The SMILES string of the molecule is Cc1cc(SC(C)C(=O)N(C)C2CCS(=O)(=O)C2)nc(C)n1. The molecule has 2 atom stereocenters. The Morgan fingerprint density at radius 1 is 1.41 bits per heavy atom. The number of nitrogens with zero attached hydrogens (tertiary/aromatic N) is 3. The normalized spacial score (nSPS) is 21.5. The van der Waals surface area contributed by atoms with Crippen LogP contribution < -0.4 is 0 Å². The summed E-state index contributed by atoms with van der Waals surface area (Å²) in [5.74, 6) is 0.845. The number of hydrogen-bond acceptors (Lipinski definition) is 6. The average Bonchev–Trinajstić information content (AvgIpc) is 2.76. The molecule has 1 aromatic heterocycles. The highest BCUT2D eigenvalue weighted by atomic mass is 32.2. The lowest BCUT2D eigenvalue weighted by Gasteiger charge is -2.26. The number of amides is 1. The van der Waals surface area contributed by atoms with E-state index in [4.69, 9.17) is 0 Å². The Kier molecular flexibility index (Phi) is 5.11. The zero-order valence-corrected chi connectivity index (χ0v) is 14.9. The van der Waals surface area contributed by atoms with Gasteiger partial charge in [0.25, 0.3) is 0 Å². The molecule has 0 spiro atoms. The molecule has 1 amide bonds. The Hall–Kier alpha value is -1.15. The first kappa shape index (κ1) is 17.2. The third-order valence-corrected chi connectivity index (χ3v) is 6.45. The van der Waals surface area contributed by atoms with E-state index in [2.05, 4.69) is 9.97 Å². The van der Waals surface area contributed by atoms with Crippen LogP contribution in [0.25, 0.3) is 0 Å². The van der Waals surface area contributed by atoms with Gasteiger partial charge in [-0.1, -0.05) is 11.8 Å². The summed E-state index contributed by atoms with van der Waals surface area (Å²) < 4.78 is 23.1. The molecular formula is C14H21N3O3S2. The van der Waals surface area contributed by atoms with Gasteiger partial charge in [0.05, 0.1) is 16.8 Å². The third-order valence-electron chi connectivity index (χ3n) is 3.69. The largest absolute Gasteiger partial charge is 0.341 e. The van der Waals surface area contributed by atoms with Crippen molar-refractivity contribution in [3.63, 3.8) is 0 Å². The fourth-order valence-corrected chi connectivity index (χ4v) is 5.35. The van der Waals surface area contributed by atoms with E-state index in [-0.39, 0.29) is 28.7 Å². The molecule has 6 nitrogen and oxygen atoms in total. The van der Waals surface area contributed by atoms with Gasteiger partial charge in [0.1, 0.15) is 10.9 Å². The Bertz CT molecular complexity index is 656. The second-order valence-electron chi connectivity index (χ2n) is 5.66. The maximum Gasteiger partial charge on any atom is 0.235 e. The molecule has 0 bridgehead atoms. The first-order valence-electron chi connectivity index (χ1n) is 7.14. The first-order chi connectivity index (χ1) is 10.2. The van der Waals surface area contributed by atoms with Crippen LogP contribution in [0.2, 0.25) is 0 Å². The molecule has 0 aromatic carbocycles. The predicted octanol–water partition coefficient (Wildman–Crippen LogP) is 1.22. The molecule has 8 heteroatoms. The predicted molar refractivity (Wildman–Crippen MR) is 86.7 cm³/mol. The molecule has 2 unspecified atom stereocenters. The second-order valence-corrected chi connectivity index (χ2v) is 9.25. The summed E-state index contributed by atoms with van der Waals surface area (Å²) in [7, 11) is -1.31. The van der Waals surface area contributed by atoms with E-state index in [1.165, 1.54) is 11.8 Å². The maximum absolute atomic E-state index is 12.5. The minimum atomic E-state index is -2.99. The highest BCUT2D eigenvalue weighted by Gasteiger charge is 2.34. The van der Waals surface area contributed by atoms with E-state index in [1.807, 2.05) is 26.8 Å². The quantitative estimate of drug-likeness (QED) is 0.604. The summed E-state index contributed by atoms with van der Waals surface area (Å²) >= 11 is 1.38. The average molecular weight is 343 g/mol. The lowest BCUT2D eigenvalue weighted by Crippen LogP contribution is -2.41. The Balaban J connectivity index is 2.02. The lowest BCUT2D eigenvalue weighted by molar-refractivity contribution is -0.130. The third kappa shape index (κ3) is 4.19. The molecule has 0 N–H and O–H groups in total. The summed E-state index contributed by atoms with van der Waals surface area (Å²) in [4.78, 5) is 22.6. The van der Waals surface area contributed by atoms with E-state index in [0.29, 0.717) is 12.2 Å². The van der Waals surface area contributed by atoms with Crippen molar-refractivity contribution in [3.8, 4) is 0 Å². The molecule has 0 radical (unpaired) electrons. The van der Waals surface area contributed by atoms with Crippen molar-refractivity contribution in [3.05, 3.63) is 17.6 Å². The summed E-state index contributed by atoms with van der Waals surface area (Å²) in [6, 6.07) is 1.64. The minimum Gasteiger partial charge on any atom is -0.341 e. The fourth-order valence-electron chi connectivity index (χ4n) is 2.52. The minimum absolute atomic E-state index is 0.0678. The first-order valence-corrected chi connectivity index (χ1v) is 9.84. The van der Waals surface area contributed by atoms with Gasteiger partial charge in [0, 0.05) is 18.8 Å². The van der Waals surface area contributed by atoms with Gasteiger partial charge in [-0.3, -0.25) is 4.79 Å². The van der Waals surface area contributed by atoms with Crippen LogP contribution in [0.5, 0.6) is 0 Å². The summed E-state index contributed by atoms with van der Waals surface area (Å²) in [5.41, 5.74) is 0.866. The van der Waals surface area contributed by atoms with Crippen LogP contribution in [-0.4, -0.2) is 59.0 Å². The smallest absolute Gasteiger partial charge is 0.235 e. The monoisotopic (exact) mass is 343 g/mol. The highest BCUT2D eigenvalue weighted by molar-refractivity contribution is 8.00. The standard InChI is InChI=1S/C14H21N3O3S2/c1-9-7-13(16-11(3)15-9)21-10(2)14(18)17(4)12-5-6-22(19,20)8-12/h7,10,12H,5-6,8H2,1-4H3. The van der Waals surface area contributed by atoms with Gasteiger partial charge < -0.3 is 4.90 Å². The lowest BCUT2D eigenvalue weighted by atomic mass is 10.2.